The lowest BCUT2D eigenvalue weighted by Gasteiger charge is -2.18. The summed E-state index contributed by atoms with van der Waals surface area (Å²) in [5.41, 5.74) is 3.26. The fraction of sp³-hybridized carbons (Fsp3) is 0.562. The van der Waals surface area contributed by atoms with E-state index in [1.54, 1.807) is 0 Å². The molecule has 0 saturated heterocycles. The SMILES string of the molecule is Cc1cccc(NC(=O)CN(C)CCC(C)C)c1C. The van der Waals surface area contributed by atoms with Gasteiger partial charge in [0.1, 0.15) is 0 Å². The Morgan fingerprint density at radius 1 is 1.32 bits per heavy atom. The standard InChI is InChI=1S/C16H26N2O/c1-12(2)9-10-18(5)11-16(19)17-15-8-6-7-13(3)14(15)4/h6-8,12H,9-11H2,1-5H3,(H,17,19). The Morgan fingerprint density at radius 3 is 2.63 bits per heavy atom. The number of anilines is 1. The van der Waals surface area contributed by atoms with Gasteiger partial charge in [0.2, 0.25) is 5.91 Å². The van der Waals surface area contributed by atoms with Crippen LogP contribution in [-0.2, 0) is 4.79 Å². The lowest BCUT2D eigenvalue weighted by atomic mass is 10.1. The first-order chi connectivity index (χ1) is 8.90. The van der Waals surface area contributed by atoms with Crippen LogP contribution in [0.15, 0.2) is 18.2 Å². The monoisotopic (exact) mass is 262 g/mol. The minimum Gasteiger partial charge on any atom is -0.325 e. The predicted octanol–water partition coefficient (Wildman–Crippen LogP) is 3.22. The maximum Gasteiger partial charge on any atom is 0.238 e. The summed E-state index contributed by atoms with van der Waals surface area (Å²) >= 11 is 0. The van der Waals surface area contributed by atoms with Crippen molar-refractivity contribution in [2.75, 3.05) is 25.5 Å². The van der Waals surface area contributed by atoms with E-state index < -0.39 is 0 Å². The summed E-state index contributed by atoms with van der Waals surface area (Å²) in [6, 6.07) is 5.98. The largest absolute Gasteiger partial charge is 0.325 e. The van der Waals surface area contributed by atoms with Crippen molar-refractivity contribution in [2.24, 2.45) is 5.92 Å². The minimum absolute atomic E-state index is 0.0555. The maximum atomic E-state index is 12.0. The predicted molar refractivity (Wildman–Crippen MR) is 81.5 cm³/mol. The number of likely N-dealkylation sites (N-methyl/N-ethyl adjacent to an activating group) is 1. The Morgan fingerprint density at radius 2 is 2.00 bits per heavy atom. The number of nitrogens with one attached hydrogen (secondary N) is 1. The molecule has 0 fully saturated rings. The van der Waals surface area contributed by atoms with E-state index in [2.05, 4.69) is 37.1 Å². The van der Waals surface area contributed by atoms with Gasteiger partial charge in [-0.3, -0.25) is 9.69 Å². The van der Waals surface area contributed by atoms with Crippen molar-refractivity contribution in [3.05, 3.63) is 29.3 Å². The zero-order chi connectivity index (χ0) is 14.4. The Balaban J connectivity index is 2.49. The summed E-state index contributed by atoms with van der Waals surface area (Å²) in [6.07, 6.45) is 1.12. The van der Waals surface area contributed by atoms with Gasteiger partial charge in [-0.05, 0) is 57.0 Å². The van der Waals surface area contributed by atoms with Gasteiger partial charge in [0.15, 0.2) is 0 Å². The number of nitrogens with zero attached hydrogens (tertiary/aromatic N) is 1. The third-order valence-corrected chi connectivity index (χ3v) is 3.38. The zero-order valence-corrected chi connectivity index (χ0v) is 12.8. The molecule has 1 rings (SSSR count). The first-order valence-electron chi connectivity index (χ1n) is 6.94. The fourth-order valence-corrected chi connectivity index (χ4v) is 1.88. The molecule has 0 aliphatic carbocycles. The molecule has 3 heteroatoms. The van der Waals surface area contributed by atoms with Crippen LogP contribution in [0.2, 0.25) is 0 Å². The van der Waals surface area contributed by atoms with Crippen LogP contribution in [0.3, 0.4) is 0 Å². The van der Waals surface area contributed by atoms with Gasteiger partial charge in [-0.1, -0.05) is 26.0 Å². The maximum absolute atomic E-state index is 12.0. The van der Waals surface area contributed by atoms with Crippen LogP contribution in [0.1, 0.15) is 31.4 Å². The first kappa shape index (κ1) is 15.7. The molecule has 0 atom stereocenters. The molecular weight excluding hydrogens is 236 g/mol. The quantitative estimate of drug-likeness (QED) is 0.853. The smallest absolute Gasteiger partial charge is 0.238 e. The molecule has 1 amide bonds. The zero-order valence-electron chi connectivity index (χ0n) is 12.8. The van der Waals surface area contributed by atoms with Crippen LogP contribution >= 0.6 is 0 Å². The highest BCUT2D eigenvalue weighted by molar-refractivity contribution is 5.93. The van der Waals surface area contributed by atoms with Gasteiger partial charge in [-0.25, -0.2) is 0 Å². The molecule has 0 aliphatic heterocycles. The summed E-state index contributed by atoms with van der Waals surface area (Å²) < 4.78 is 0. The Kier molecular flexibility index (Phi) is 6.03. The average molecular weight is 262 g/mol. The van der Waals surface area contributed by atoms with E-state index in [0.717, 1.165) is 24.2 Å². The summed E-state index contributed by atoms with van der Waals surface area (Å²) in [5, 5.41) is 2.99. The summed E-state index contributed by atoms with van der Waals surface area (Å²) in [7, 11) is 1.99. The van der Waals surface area contributed by atoms with Crippen molar-refractivity contribution in [1.82, 2.24) is 4.90 Å². The van der Waals surface area contributed by atoms with Gasteiger partial charge in [0.25, 0.3) is 0 Å². The topological polar surface area (TPSA) is 32.3 Å². The van der Waals surface area contributed by atoms with Crippen LogP contribution in [0, 0.1) is 19.8 Å². The molecule has 106 valence electrons. The molecule has 0 spiro atoms. The number of amides is 1. The van der Waals surface area contributed by atoms with E-state index in [1.165, 1.54) is 5.56 Å². The number of carbonyl (C=O) groups excluding carboxylic acids is 1. The highest BCUT2D eigenvalue weighted by Gasteiger charge is 2.09. The number of aryl methyl sites for hydroxylation is 1. The normalized spacial score (nSPS) is 11.1. The number of hydrogen-bond acceptors (Lipinski definition) is 2. The van der Waals surface area contributed by atoms with Crippen molar-refractivity contribution in [3.8, 4) is 0 Å². The molecule has 1 N–H and O–H groups in total. The van der Waals surface area contributed by atoms with E-state index in [0.29, 0.717) is 12.5 Å². The van der Waals surface area contributed by atoms with Crippen molar-refractivity contribution in [1.29, 1.82) is 0 Å². The average Bonchev–Trinajstić information content (AvgIpc) is 2.32. The van der Waals surface area contributed by atoms with Gasteiger partial charge >= 0.3 is 0 Å². The van der Waals surface area contributed by atoms with Crippen molar-refractivity contribution < 1.29 is 4.79 Å². The minimum atomic E-state index is 0.0555. The van der Waals surface area contributed by atoms with E-state index in [9.17, 15) is 4.79 Å². The molecule has 0 aromatic heterocycles. The third kappa shape index (κ3) is 5.43. The van der Waals surface area contributed by atoms with E-state index in [-0.39, 0.29) is 5.91 Å². The molecular formula is C16H26N2O. The molecule has 1 aromatic rings. The first-order valence-corrected chi connectivity index (χ1v) is 6.94. The number of benzene rings is 1. The van der Waals surface area contributed by atoms with E-state index >= 15 is 0 Å². The van der Waals surface area contributed by atoms with Crippen molar-refractivity contribution in [2.45, 2.75) is 34.1 Å². The molecule has 0 bridgehead atoms. The second-order valence-electron chi connectivity index (χ2n) is 5.72. The molecule has 0 saturated carbocycles. The number of carbonyl (C=O) groups is 1. The van der Waals surface area contributed by atoms with E-state index in [4.69, 9.17) is 0 Å². The third-order valence-electron chi connectivity index (χ3n) is 3.38. The van der Waals surface area contributed by atoms with Gasteiger partial charge < -0.3 is 5.32 Å². The lowest BCUT2D eigenvalue weighted by molar-refractivity contribution is -0.117. The second kappa shape index (κ2) is 7.29. The molecule has 0 unspecified atom stereocenters. The Hall–Kier alpha value is -1.35. The van der Waals surface area contributed by atoms with Gasteiger partial charge in [0, 0.05) is 5.69 Å². The van der Waals surface area contributed by atoms with Gasteiger partial charge in [-0.15, -0.1) is 0 Å². The Labute approximate surface area is 117 Å². The van der Waals surface area contributed by atoms with Crippen LogP contribution in [0.4, 0.5) is 5.69 Å². The molecule has 3 nitrogen and oxygen atoms in total. The van der Waals surface area contributed by atoms with Crippen molar-refractivity contribution >= 4 is 11.6 Å². The van der Waals surface area contributed by atoms with Crippen molar-refractivity contribution in [3.63, 3.8) is 0 Å². The van der Waals surface area contributed by atoms with Crippen LogP contribution in [0.25, 0.3) is 0 Å². The number of rotatable bonds is 6. The van der Waals surface area contributed by atoms with Crippen LogP contribution in [0.5, 0.6) is 0 Å². The second-order valence-corrected chi connectivity index (χ2v) is 5.72. The summed E-state index contributed by atoms with van der Waals surface area (Å²) in [5.74, 6) is 0.726. The molecule has 0 heterocycles. The summed E-state index contributed by atoms with van der Waals surface area (Å²) in [4.78, 5) is 14.0. The summed E-state index contributed by atoms with van der Waals surface area (Å²) in [6.45, 7) is 9.89. The molecule has 1 aromatic carbocycles. The fourth-order valence-electron chi connectivity index (χ4n) is 1.88. The van der Waals surface area contributed by atoms with Gasteiger partial charge in [0.05, 0.1) is 6.54 Å². The number of hydrogen-bond donors (Lipinski definition) is 1. The molecule has 0 aliphatic rings. The Bertz CT molecular complexity index is 427. The molecule has 0 radical (unpaired) electrons. The van der Waals surface area contributed by atoms with Gasteiger partial charge in [-0.2, -0.15) is 0 Å². The lowest BCUT2D eigenvalue weighted by Crippen LogP contribution is -2.31. The van der Waals surface area contributed by atoms with Crippen LogP contribution < -0.4 is 5.32 Å². The highest BCUT2D eigenvalue weighted by atomic mass is 16.2. The van der Waals surface area contributed by atoms with Crippen LogP contribution in [-0.4, -0.2) is 30.9 Å². The highest BCUT2D eigenvalue weighted by Crippen LogP contribution is 2.17. The van der Waals surface area contributed by atoms with E-state index in [1.807, 2.05) is 26.1 Å². The molecule has 19 heavy (non-hydrogen) atoms.